The molecule has 4 rings (SSSR count). The Morgan fingerprint density at radius 3 is 2.80 bits per heavy atom. The lowest BCUT2D eigenvalue weighted by Crippen LogP contribution is -2.46. The zero-order valence-corrected chi connectivity index (χ0v) is 14.8. The number of nitrogens with zero attached hydrogens (tertiary/aromatic N) is 3. The van der Waals surface area contributed by atoms with Crippen molar-refractivity contribution in [3.63, 3.8) is 0 Å². The van der Waals surface area contributed by atoms with Crippen LogP contribution in [0.3, 0.4) is 0 Å². The van der Waals surface area contributed by atoms with Crippen LogP contribution in [0.15, 0.2) is 29.2 Å². The van der Waals surface area contributed by atoms with Crippen LogP contribution in [-0.2, 0) is 23.5 Å². The van der Waals surface area contributed by atoms with Gasteiger partial charge < -0.3 is 4.90 Å². The van der Waals surface area contributed by atoms with Crippen molar-refractivity contribution in [2.45, 2.75) is 49.3 Å². The smallest absolute Gasteiger partial charge is 0.298 e. The van der Waals surface area contributed by atoms with Gasteiger partial charge in [0.2, 0.25) is 5.95 Å². The van der Waals surface area contributed by atoms with Crippen molar-refractivity contribution in [3.05, 3.63) is 35.5 Å². The highest BCUT2D eigenvalue weighted by Gasteiger charge is 2.29. The molecule has 7 heteroatoms. The third kappa shape index (κ3) is 2.94. The van der Waals surface area contributed by atoms with Gasteiger partial charge in [0, 0.05) is 34.3 Å². The molecule has 2 aromatic rings. The van der Waals surface area contributed by atoms with Crippen molar-refractivity contribution >= 4 is 16.6 Å². The number of halogens is 2. The van der Waals surface area contributed by atoms with Gasteiger partial charge in [-0.3, -0.25) is 4.78 Å². The van der Waals surface area contributed by atoms with Crippen molar-refractivity contribution in [3.8, 4) is 11.3 Å². The van der Waals surface area contributed by atoms with Crippen LogP contribution in [0.5, 0.6) is 0 Å². The molecule has 25 heavy (non-hydrogen) atoms. The summed E-state index contributed by atoms with van der Waals surface area (Å²) in [5.74, 6) is -1.91. The van der Waals surface area contributed by atoms with Gasteiger partial charge in [0.25, 0.3) is 5.76 Å². The number of aromatic nitrogens is 2. The van der Waals surface area contributed by atoms with Gasteiger partial charge in [-0.25, -0.2) is 9.97 Å². The minimum atomic E-state index is -2.66. The second-order valence-electron chi connectivity index (χ2n) is 6.61. The monoisotopic (exact) mass is 362 g/mol. The molecule has 0 spiro atoms. The molecule has 1 unspecified atom stereocenters. The molecule has 2 aliphatic rings. The van der Waals surface area contributed by atoms with E-state index in [1.165, 1.54) is 0 Å². The molecule has 0 amide bonds. The lowest BCUT2D eigenvalue weighted by Gasteiger charge is -2.39. The van der Waals surface area contributed by atoms with E-state index in [9.17, 15) is 8.78 Å². The molecule has 1 aromatic heterocycles. The summed E-state index contributed by atoms with van der Waals surface area (Å²) in [6.45, 7) is 3.12. The highest BCUT2D eigenvalue weighted by Crippen LogP contribution is 2.34. The molecule has 1 fully saturated rings. The summed E-state index contributed by atoms with van der Waals surface area (Å²) in [5, 5.41) is 0. The third-order valence-corrected chi connectivity index (χ3v) is 6.16. The van der Waals surface area contributed by atoms with Crippen molar-refractivity contribution in [2.24, 2.45) is 0 Å². The van der Waals surface area contributed by atoms with Crippen LogP contribution in [0.2, 0.25) is 0 Å². The molecule has 1 aliphatic heterocycles. The average Bonchev–Trinajstić information content (AvgIpc) is 3.07. The second kappa shape index (κ2) is 6.44. The van der Waals surface area contributed by atoms with Crippen molar-refractivity contribution in [1.29, 1.82) is 4.78 Å². The molecule has 4 nitrogen and oxygen atoms in total. The number of hydrogen-bond acceptors (Lipinski definition) is 4. The van der Waals surface area contributed by atoms with Gasteiger partial charge in [0.15, 0.2) is 0 Å². The number of alkyl halides is 2. The summed E-state index contributed by atoms with van der Waals surface area (Å²) < 4.78 is 33.5. The van der Waals surface area contributed by atoms with Crippen molar-refractivity contribution in [2.75, 3.05) is 11.4 Å². The summed E-state index contributed by atoms with van der Waals surface area (Å²) in [5.41, 5.74) is 3.89. The number of benzene rings is 1. The second-order valence-corrected chi connectivity index (χ2v) is 8.11. The first-order chi connectivity index (χ1) is 12.0. The first-order valence-electron chi connectivity index (χ1n) is 8.54. The SMILES string of the molecule is C[C@H]1CCN1c1nc2c(c(-c3cccc(S(=N)C(F)F)c3)n1)CCC2. The number of aryl methyl sites for hydroxylation is 1. The Morgan fingerprint density at radius 2 is 2.12 bits per heavy atom. The molecule has 0 radical (unpaired) electrons. The standard InChI is InChI=1S/C18H20F2N4S/c1-11-8-9-24(11)18-22-15-7-3-6-14(15)16(23-18)12-4-2-5-13(10-12)25(21)17(19)20/h2,4-5,10-11,17,21H,3,6-9H2,1H3/t11-,25?/m0/s1. The summed E-state index contributed by atoms with van der Waals surface area (Å²) >= 11 is 0. The average molecular weight is 362 g/mol. The summed E-state index contributed by atoms with van der Waals surface area (Å²) in [6.07, 6.45) is 4.06. The summed E-state index contributed by atoms with van der Waals surface area (Å²) in [6, 6.07) is 7.39. The van der Waals surface area contributed by atoms with E-state index in [0.717, 1.165) is 60.7 Å². The lowest BCUT2D eigenvalue weighted by atomic mass is 10.0. The van der Waals surface area contributed by atoms with Gasteiger partial charge in [-0.05, 0) is 55.4 Å². The maximum absolute atomic E-state index is 12.9. The normalized spacial score (nSPS) is 20.5. The minimum absolute atomic E-state index is 0.358. The number of fused-ring (bicyclic) bond motifs is 1. The molecule has 2 heterocycles. The Balaban J connectivity index is 1.80. The van der Waals surface area contributed by atoms with Gasteiger partial charge in [0.05, 0.1) is 5.69 Å². The zero-order chi connectivity index (χ0) is 17.6. The van der Waals surface area contributed by atoms with E-state index >= 15 is 0 Å². The molecule has 1 aromatic carbocycles. The Morgan fingerprint density at radius 1 is 1.28 bits per heavy atom. The third-order valence-electron chi connectivity index (χ3n) is 5.04. The maximum atomic E-state index is 12.9. The van der Waals surface area contributed by atoms with Gasteiger partial charge in [-0.1, -0.05) is 12.1 Å². The van der Waals surface area contributed by atoms with Gasteiger partial charge >= 0.3 is 0 Å². The van der Waals surface area contributed by atoms with Crippen LogP contribution >= 0.6 is 0 Å². The predicted octanol–water partition coefficient (Wildman–Crippen LogP) is 4.19. The summed E-state index contributed by atoms with van der Waals surface area (Å²) in [7, 11) is -1.81. The lowest BCUT2D eigenvalue weighted by molar-refractivity contribution is 0.248. The van der Waals surface area contributed by atoms with E-state index in [2.05, 4.69) is 11.8 Å². The fourth-order valence-corrected chi connectivity index (χ4v) is 4.17. The number of nitrogens with one attached hydrogen (secondary N) is 1. The fourth-order valence-electron chi connectivity index (χ4n) is 3.48. The molecule has 1 saturated heterocycles. The Bertz CT molecular complexity index is 840. The first-order valence-corrected chi connectivity index (χ1v) is 9.82. The molecule has 0 saturated carbocycles. The van der Waals surface area contributed by atoms with Crippen LogP contribution in [0.1, 0.15) is 31.0 Å². The topological polar surface area (TPSA) is 52.9 Å². The van der Waals surface area contributed by atoms with E-state index in [4.69, 9.17) is 14.7 Å². The molecule has 1 aliphatic carbocycles. The van der Waals surface area contributed by atoms with Crippen LogP contribution < -0.4 is 4.90 Å². The summed E-state index contributed by atoms with van der Waals surface area (Å²) in [4.78, 5) is 12.1. The largest absolute Gasteiger partial charge is 0.338 e. The molecule has 132 valence electrons. The van der Waals surface area contributed by atoms with E-state index in [1.807, 2.05) is 6.07 Å². The van der Waals surface area contributed by atoms with Gasteiger partial charge in [0.1, 0.15) is 0 Å². The predicted molar refractivity (Wildman–Crippen MR) is 95.3 cm³/mol. The first kappa shape index (κ1) is 16.6. The van der Waals surface area contributed by atoms with E-state index in [1.54, 1.807) is 18.2 Å². The number of rotatable bonds is 4. The minimum Gasteiger partial charge on any atom is -0.338 e. The molecular weight excluding hydrogens is 342 g/mol. The Kier molecular flexibility index (Phi) is 4.27. The maximum Gasteiger partial charge on any atom is 0.298 e. The van der Waals surface area contributed by atoms with Gasteiger partial charge in [-0.15, -0.1) is 0 Å². The fraction of sp³-hybridized carbons (Fsp3) is 0.444. The van der Waals surface area contributed by atoms with E-state index in [0.29, 0.717) is 10.9 Å². The van der Waals surface area contributed by atoms with E-state index in [-0.39, 0.29) is 0 Å². The highest BCUT2D eigenvalue weighted by molar-refractivity contribution is 7.86. The molecule has 2 atom stereocenters. The Labute approximate surface area is 148 Å². The Hall–Kier alpha value is -1.89. The zero-order valence-electron chi connectivity index (χ0n) is 14.0. The van der Waals surface area contributed by atoms with Gasteiger partial charge in [-0.2, -0.15) is 8.78 Å². The van der Waals surface area contributed by atoms with Crippen molar-refractivity contribution in [1.82, 2.24) is 9.97 Å². The van der Waals surface area contributed by atoms with Crippen LogP contribution in [0, 0.1) is 4.78 Å². The van der Waals surface area contributed by atoms with E-state index < -0.39 is 16.4 Å². The van der Waals surface area contributed by atoms with Crippen LogP contribution in [-0.4, -0.2) is 28.3 Å². The van der Waals surface area contributed by atoms with Crippen LogP contribution in [0.25, 0.3) is 11.3 Å². The molecular formula is C18H20F2N4S. The highest BCUT2D eigenvalue weighted by atomic mass is 32.2. The number of hydrogen-bond donors (Lipinski definition) is 1. The van der Waals surface area contributed by atoms with Crippen molar-refractivity contribution < 1.29 is 8.78 Å². The molecule has 0 bridgehead atoms. The van der Waals surface area contributed by atoms with Crippen LogP contribution in [0.4, 0.5) is 14.7 Å². The number of anilines is 1. The molecule has 1 N–H and O–H groups in total. The quantitative estimate of drug-likeness (QED) is 0.887.